The van der Waals surface area contributed by atoms with E-state index in [0.29, 0.717) is 5.41 Å². The van der Waals surface area contributed by atoms with Gasteiger partial charge in [0.25, 0.3) is 0 Å². The highest BCUT2D eigenvalue weighted by molar-refractivity contribution is 7.16. The van der Waals surface area contributed by atoms with Gasteiger partial charge in [-0.05, 0) is 23.9 Å². The van der Waals surface area contributed by atoms with E-state index in [2.05, 4.69) is 24.1 Å². The van der Waals surface area contributed by atoms with Crippen LogP contribution in [0.5, 0.6) is 0 Å². The molecule has 3 rings (SSSR count). The summed E-state index contributed by atoms with van der Waals surface area (Å²) in [5, 5.41) is 4.48. The number of rotatable bonds is 2. The van der Waals surface area contributed by atoms with Crippen LogP contribution in [-0.2, 0) is 17.7 Å². The lowest BCUT2D eigenvalue weighted by molar-refractivity contribution is 0.0600. The summed E-state index contributed by atoms with van der Waals surface area (Å²) in [6.07, 6.45) is 0.924. The molecule has 0 unspecified atom stereocenters. The Labute approximate surface area is 117 Å². The highest BCUT2D eigenvalue weighted by atomic mass is 32.1. The van der Waals surface area contributed by atoms with Crippen LogP contribution in [0.25, 0.3) is 0 Å². The number of fused-ring (bicyclic) bond motifs is 1. The Balaban J connectivity index is 1.99. The first kappa shape index (κ1) is 12.9. The summed E-state index contributed by atoms with van der Waals surface area (Å²) in [5.41, 5.74) is 2.38. The molecular formula is C14H20N2O2S. The highest BCUT2D eigenvalue weighted by Crippen LogP contribution is 2.43. The normalized spacial score (nSPS) is 20.7. The fourth-order valence-electron chi connectivity index (χ4n) is 2.99. The summed E-state index contributed by atoms with van der Waals surface area (Å²) in [6, 6.07) is 0. The van der Waals surface area contributed by atoms with Crippen LogP contribution in [0.1, 0.15) is 34.6 Å². The maximum Gasteiger partial charge on any atom is 0.341 e. The molecule has 0 radical (unpaired) electrons. The zero-order valence-corrected chi connectivity index (χ0v) is 12.5. The summed E-state index contributed by atoms with van der Waals surface area (Å²) < 4.78 is 4.99. The van der Waals surface area contributed by atoms with E-state index >= 15 is 0 Å². The van der Waals surface area contributed by atoms with E-state index in [9.17, 15) is 4.79 Å². The van der Waals surface area contributed by atoms with Gasteiger partial charge in [-0.15, -0.1) is 11.3 Å². The van der Waals surface area contributed by atoms with Crippen LogP contribution < -0.4 is 10.2 Å². The predicted molar refractivity (Wildman–Crippen MR) is 77.1 cm³/mol. The van der Waals surface area contributed by atoms with Gasteiger partial charge >= 0.3 is 5.97 Å². The first-order valence-corrected chi connectivity index (χ1v) is 7.52. The zero-order chi connectivity index (χ0) is 13.6. The molecule has 1 saturated heterocycles. The molecule has 1 aromatic heterocycles. The average Bonchev–Trinajstić information content (AvgIpc) is 2.73. The Kier molecular flexibility index (Phi) is 3.06. The third-order valence-electron chi connectivity index (χ3n) is 3.82. The monoisotopic (exact) mass is 280 g/mol. The van der Waals surface area contributed by atoms with Crippen LogP contribution in [0.2, 0.25) is 0 Å². The maximum atomic E-state index is 12.1. The molecule has 1 aromatic rings. The molecule has 0 spiro atoms. The Morgan fingerprint density at radius 2 is 2.16 bits per heavy atom. The van der Waals surface area contributed by atoms with Gasteiger partial charge in [-0.25, -0.2) is 4.79 Å². The second-order valence-electron chi connectivity index (χ2n) is 6.12. The maximum absolute atomic E-state index is 12.1. The number of hydrogen-bond acceptors (Lipinski definition) is 5. The lowest BCUT2D eigenvalue weighted by Crippen LogP contribution is -2.53. The minimum absolute atomic E-state index is 0.181. The summed E-state index contributed by atoms with van der Waals surface area (Å²) in [4.78, 5) is 15.7. The summed E-state index contributed by atoms with van der Waals surface area (Å²) in [5.74, 6) is -0.181. The number of nitrogens with one attached hydrogen (secondary N) is 1. The molecule has 0 bridgehead atoms. The number of carbonyl (C=O) groups excluding carboxylic acids is 1. The van der Waals surface area contributed by atoms with Crippen LogP contribution in [0.4, 0.5) is 5.00 Å². The van der Waals surface area contributed by atoms with Crippen molar-refractivity contribution in [2.24, 2.45) is 5.41 Å². The zero-order valence-electron chi connectivity index (χ0n) is 11.7. The second-order valence-corrected chi connectivity index (χ2v) is 7.21. The van der Waals surface area contributed by atoms with Crippen LogP contribution in [0.3, 0.4) is 0 Å². The minimum atomic E-state index is -0.181. The van der Waals surface area contributed by atoms with E-state index in [0.717, 1.165) is 43.2 Å². The van der Waals surface area contributed by atoms with Crippen LogP contribution in [-0.4, -0.2) is 32.7 Å². The largest absolute Gasteiger partial charge is 0.465 e. The lowest BCUT2D eigenvalue weighted by atomic mass is 9.84. The first-order chi connectivity index (χ1) is 9.02. The molecule has 1 N–H and O–H groups in total. The van der Waals surface area contributed by atoms with Crippen LogP contribution >= 0.6 is 11.3 Å². The molecule has 19 heavy (non-hydrogen) atoms. The van der Waals surface area contributed by atoms with E-state index < -0.39 is 0 Å². The SMILES string of the molecule is COC(=O)c1c(N2CC(C)(C)C2)sc2c1CCNC2. The number of thiophene rings is 1. The lowest BCUT2D eigenvalue weighted by Gasteiger charge is -2.46. The summed E-state index contributed by atoms with van der Waals surface area (Å²) in [6.45, 7) is 8.38. The van der Waals surface area contributed by atoms with Gasteiger partial charge in [0.15, 0.2) is 0 Å². The molecule has 0 aromatic carbocycles. The quantitative estimate of drug-likeness (QED) is 0.842. The third-order valence-corrected chi connectivity index (χ3v) is 5.12. The predicted octanol–water partition coefficient (Wildman–Crippen LogP) is 2.03. The van der Waals surface area contributed by atoms with E-state index in [1.807, 2.05) is 0 Å². The number of carbonyl (C=O) groups is 1. The van der Waals surface area contributed by atoms with Gasteiger partial charge in [0.1, 0.15) is 5.00 Å². The molecule has 0 saturated carbocycles. The Hall–Kier alpha value is -1.07. The van der Waals surface area contributed by atoms with Crippen molar-refractivity contribution in [1.29, 1.82) is 0 Å². The van der Waals surface area contributed by atoms with Gasteiger partial charge in [-0.3, -0.25) is 0 Å². The first-order valence-electron chi connectivity index (χ1n) is 6.70. The molecule has 0 atom stereocenters. The molecule has 4 nitrogen and oxygen atoms in total. The number of methoxy groups -OCH3 is 1. The Bertz CT molecular complexity index is 514. The standard InChI is InChI=1S/C14H20N2O2S/c1-14(2)7-16(8-14)12-11(13(17)18-3)9-4-5-15-6-10(9)19-12/h15H,4-8H2,1-3H3. The molecule has 104 valence electrons. The number of hydrogen-bond donors (Lipinski definition) is 1. The molecular weight excluding hydrogens is 260 g/mol. The molecule has 2 aliphatic heterocycles. The fourth-order valence-corrected chi connectivity index (χ4v) is 4.29. The summed E-state index contributed by atoms with van der Waals surface area (Å²) >= 11 is 1.75. The topological polar surface area (TPSA) is 41.6 Å². The van der Waals surface area contributed by atoms with E-state index in [1.54, 1.807) is 11.3 Å². The Morgan fingerprint density at radius 3 is 2.79 bits per heavy atom. The summed E-state index contributed by atoms with van der Waals surface area (Å²) in [7, 11) is 1.47. The van der Waals surface area contributed by atoms with Gasteiger partial charge in [-0.1, -0.05) is 13.8 Å². The number of esters is 1. The van der Waals surface area contributed by atoms with Gasteiger partial charge in [-0.2, -0.15) is 0 Å². The van der Waals surface area contributed by atoms with Crippen LogP contribution in [0.15, 0.2) is 0 Å². The Morgan fingerprint density at radius 1 is 1.42 bits per heavy atom. The number of anilines is 1. The molecule has 0 amide bonds. The van der Waals surface area contributed by atoms with Gasteiger partial charge in [0.2, 0.25) is 0 Å². The van der Waals surface area contributed by atoms with Crippen molar-refractivity contribution in [2.75, 3.05) is 31.6 Å². The highest BCUT2D eigenvalue weighted by Gasteiger charge is 2.38. The van der Waals surface area contributed by atoms with Crippen molar-refractivity contribution in [3.05, 3.63) is 16.0 Å². The number of nitrogens with zero attached hydrogens (tertiary/aromatic N) is 1. The second kappa shape index (κ2) is 4.49. The molecule has 2 aliphatic rings. The number of ether oxygens (including phenoxy) is 1. The van der Waals surface area contributed by atoms with E-state index in [-0.39, 0.29) is 5.97 Å². The van der Waals surface area contributed by atoms with Gasteiger partial charge in [0.05, 0.1) is 12.7 Å². The van der Waals surface area contributed by atoms with Crippen molar-refractivity contribution < 1.29 is 9.53 Å². The fraction of sp³-hybridized carbons (Fsp3) is 0.643. The van der Waals surface area contributed by atoms with Crippen LogP contribution in [0, 0.1) is 5.41 Å². The molecule has 1 fully saturated rings. The molecule has 0 aliphatic carbocycles. The van der Waals surface area contributed by atoms with E-state index in [4.69, 9.17) is 4.74 Å². The third kappa shape index (κ3) is 2.15. The molecule has 3 heterocycles. The van der Waals surface area contributed by atoms with Gasteiger partial charge < -0.3 is 15.0 Å². The van der Waals surface area contributed by atoms with Gasteiger partial charge in [0, 0.05) is 24.5 Å². The van der Waals surface area contributed by atoms with Crippen molar-refractivity contribution in [1.82, 2.24) is 5.32 Å². The van der Waals surface area contributed by atoms with Crippen molar-refractivity contribution in [3.63, 3.8) is 0 Å². The average molecular weight is 280 g/mol. The van der Waals surface area contributed by atoms with Crippen molar-refractivity contribution in [2.45, 2.75) is 26.8 Å². The molecule has 5 heteroatoms. The van der Waals surface area contributed by atoms with Crippen molar-refractivity contribution in [3.8, 4) is 0 Å². The van der Waals surface area contributed by atoms with Crippen molar-refractivity contribution >= 4 is 22.3 Å². The minimum Gasteiger partial charge on any atom is -0.465 e. The smallest absolute Gasteiger partial charge is 0.341 e. The van der Waals surface area contributed by atoms with E-state index in [1.165, 1.54) is 17.6 Å².